The summed E-state index contributed by atoms with van der Waals surface area (Å²) in [6.07, 6.45) is 75.3. The zero-order chi connectivity index (χ0) is 49.2. The van der Waals surface area contributed by atoms with Crippen LogP contribution in [0.2, 0.25) is 0 Å². The highest BCUT2D eigenvalue weighted by Gasteiger charge is 2.17. The van der Waals surface area contributed by atoms with E-state index in [-0.39, 0.29) is 25.2 Å². The number of unbranched alkanes of at least 4 members (excludes halogenated alkanes) is 34. The molecule has 0 fully saturated rings. The van der Waals surface area contributed by atoms with E-state index < -0.39 is 6.10 Å². The Hall–Kier alpha value is -2.40. The number of allylic oxidation sites excluding steroid dienone is 10. The largest absolute Gasteiger partial charge is 0.462 e. The van der Waals surface area contributed by atoms with Crippen LogP contribution in [0.1, 0.15) is 303 Å². The SMILES string of the molecule is CC/C=C\C/C=C\C/C=C\C/C=C\C/C=C\CCCCCC(=O)OCC(COCCCCCCCCCCCCCCCCCCCC)OC(=O)CCCCCCCCCCCCCCCCC. The zero-order valence-electron chi connectivity index (χ0n) is 45.6. The van der Waals surface area contributed by atoms with Crippen molar-refractivity contribution in [3.05, 3.63) is 60.8 Å². The topological polar surface area (TPSA) is 61.8 Å². The maximum absolute atomic E-state index is 12.9. The van der Waals surface area contributed by atoms with Crippen LogP contribution in [0.15, 0.2) is 60.8 Å². The molecule has 5 nitrogen and oxygen atoms in total. The number of rotatable bonds is 55. The fourth-order valence-electron chi connectivity index (χ4n) is 8.66. The average Bonchev–Trinajstić information content (AvgIpc) is 3.34. The lowest BCUT2D eigenvalue weighted by Gasteiger charge is -2.18. The van der Waals surface area contributed by atoms with Crippen LogP contribution in [0.4, 0.5) is 0 Å². The molecule has 1 atom stereocenters. The number of esters is 2. The molecule has 0 rings (SSSR count). The van der Waals surface area contributed by atoms with Crippen LogP contribution in [0.3, 0.4) is 0 Å². The molecule has 1 unspecified atom stereocenters. The molecule has 0 aromatic heterocycles. The minimum Gasteiger partial charge on any atom is -0.462 e. The summed E-state index contributed by atoms with van der Waals surface area (Å²) in [5, 5.41) is 0. The molecule has 0 aromatic rings. The van der Waals surface area contributed by atoms with Gasteiger partial charge >= 0.3 is 11.9 Å². The van der Waals surface area contributed by atoms with E-state index >= 15 is 0 Å². The third-order valence-corrected chi connectivity index (χ3v) is 13.1. The van der Waals surface area contributed by atoms with Gasteiger partial charge in [0.05, 0.1) is 6.61 Å². The lowest BCUT2D eigenvalue weighted by molar-refractivity contribution is -0.163. The van der Waals surface area contributed by atoms with Crippen molar-refractivity contribution < 1.29 is 23.8 Å². The van der Waals surface area contributed by atoms with Gasteiger partial charge in [-0.3, -0.25) is 9.59 Å². The second-order valence-electron chi connectivity index (χ2n) is 19.9. The molecule has 0 saturated carbocycles. The van der Waals surface area contributed by atoms with Crippen LogP contribution in [-0.4, -0.2) is 37.9 Å². The highest BCUT2D eigenvalue weighted by molar-refractivity contribution is 5.70. The van der Waals surface area contributed by atoms with Crippen LogP contribution < -0.4 is 0 Å². The molecule has 396 valence electrons. The molecular weight excluding hydrogens is 837 g/mol. The minimum atomic E-state index is -0.548. The van der Waals surface area contributed by atoms with Crippen LogP contribution in [0.25, 0.3) is 0 Å². The first-order chi connectivity index (χ1) is 33.6. The normalized spacial score (nSPS) is 12.6. The summed E-state index contributed by atoms with van der Waals surface area (Å²) in [6, 6.07) is 0. The van der Waals surface area contributed by atoms with E-state index in [1.807, 2.05) is 0 Å². The Morgan fingerprint density at radius 2 is 0.662 bits per heavy atom. The fraction of sp³-hybridized carbons (Fsp3) is 0.810. The molecule has 0 aliphatic heterocycles. The first kappa shape index (κ1) is 65.6. The van der Waals surface area contributed by atoms with Gasteiger partial charge in [-0.2, -0.15) is 0 Å². The van der Waals surface area contributed by atoms with Gasteiger partial charge in [-0.25, -0.2) is 0 Å². The molecular formula is C63H114O5. The average molecular weight is 952 g/mol. The Balaban J connectivity index is 4.29. The predicted octanol–water partition coefficient (Wildman–Crippen LogP) is 20.5. The van der Waals surface area contributed by atoms with Crippen LogP contribution in [0.5, 0.6) is 0 Å². The van der Waals surface area contributed by atoms with E-state index in [2.05, 4.69) is 81.5 Å². The van der Waals surface area contributed by atoms with Gasteiger partial charge in [-0.1, -0.05) is 287 Å². The summed E-state index contributed by atoms with van der Waals surface area (Å²) in [5.41, 5.74) is 0. The molecule has 0 spiro atoms. The molecule has 0 aromatic carbocycles. The Morgan fingerprint density at radius 3 is 1.06 bits per heavy atom. The molecule has 0 radical (unpaired) electrons. The molecule has 68 heavy (non-hydrogen) atoms. The highest BCUT2D eigenvalue weighted by Crippen LogP contribution is 2.17. The van der Waals surface area contributed by atoms with Gasteiger partial charge in [-0.05, 0) is 64.2 Å². The van der Waals surface area contributed by atoms with Crippen LogP contribution >= 0.6 is 0 Å². The predicted molar refractivity (Wildman–Crippen MR) is 298 cm³/mol. The van der Waals surface area contributed by atoms with Gasteiger partial charge in [0, 0.05) is 19.4 Å². The molecule has 0 bridgehead atoms. The Labute approximate surface area is 424 Å². The molecule has 0 saturated heterocycles. The molecule has 0 aliphatic rings. The Morgan fingerprint density at radius 1 is 0.338 bits per heavy atom. The van der Waals surface area contributed by atoms with Gasteiger partial charge in [-0.15, -0.1) is 0 Å². The van der Waals surface area contributed by atoms with Crippen molar-refractivity contribution in [1.29, 1.82) is 0 Å². The van der Waals surface area contributed by atoms with Crippen molar-refractivity contribution in [3.8, 4) is 0 Å². The third-order valence-electron chi connectivity index (χ3n) is 13.1. The zero-order valence-corrected chi connectivity index (χ0v) is 45.6. The number of carbonyl (C=O) groups is 2. The summed E-state index contributed by atoms with van der Waals surface area (Å²) in [7, 11) is 0. The van der Waals surface area contributed by atoms with Crippen molar-refractivity contribution in [2.24, 2.45) is 0 Å². The van der Waals surface area contributed by atoms with Crippen LogP contribution in [0, 0.1) is 0 Å². The second kappa shape index (κ2) is 58.9. The quantitative estimate of drug-likeness (QED) is 0.0345. The molecule has 5 heteroatoms. The first-order valence-electron chi connectivity index (χ1n) is 29.8. The van der Waals surface area contributed by atoms with E-state index in [1.165, 1.54) is 186 Å². The van der Waals surface area contributed by atoms with E-state index in [0.717, 1.165) is 83.5 Å². The van der Waals surface area contributed by atoms with Crippen LogP contribution in [-0.2, 0) is 23.8 Å². The minimum absolute atomic E-state index is 0.0720. The van der Waals surface area contributed by atoms with Crippen molar-refractivity contribution in [2.75, 3.05) is 19.8 Å². The van der Waals surface area contributed by atoms with E-state index in [4.69, 9.17) is 14.2 Å². The van der Waals surface area contributed by atoms with E-state index in [0.29, 0.717) is 19.4 Å². The number of carbonyl (C=O) groups excluding carboxylic acids is 2. The molecule has 0 amide bonds. The number of ether oxygens (including phenoxy) is 3. The number of hydrogen-bond donors (Lipinski definition) is 0. The molecule has 0 heterocycles. The smallest absolute Gasteiger partial charge is 0.306 e. The van der Waals surface area contributed by atoms with E-state index in [1.54, 1.807) is 0 Å². The van der Waals surface area contributed by atoms with Gasteiger partial charge in [0.25, 0.3) is 0 Å². The lowest BCUT2D eigenvalue weighted by Crippen LogP contribution is -2.30. The second-order valence-corrected chi connectivity index (χ2v) is 19.9. The standard InChI is InChI=1S/C63H114O5/c1-4-7-10-13-16-19-22-25-28-30-32-33-36-38-41-44-47-50-53-56-62(64)67-60-61(68-63(65)57-54-51-48-45-42-39-35-27-24-21-18-15-12-9-6-3)59-66-58-55-52-49-46-43-40-37-34-31-29-26-23-20-17-14-11-8-5-2/h7,10,16,19,25,28,32-33,38,41,61H,4-6,8-9,11-15,17-18,20-24,26-27,29-31,34-37,39-40,42-60H2,1-3H3/b10-7-,19-16-,28-25-,33-32-,41-38-. The van der Waals surface area contributed by atoms with Crippen molar-refractivity contribution in [1.82, 2.24) is 0 Å². The van der Waals surface area contributed by atoms with Gasteiger partial charge in [0.1, 0.15) is 6.61 Å². The maximum atomic E-state index is 12.9. The fourth-order valence-corrected chi connectivity index (χ4v) is 8.66. The maximum Gasteiger partial charge on any atom is 0.306 e. The summed E-state index contributed by atoms with van der Waals surface area (Å²) in [6.45, 7) is 7.74. The highest BCUT2D eigenvalue weighted by atomic mass is 16.6. The monoisotopic (exact) mass is 951 g/mol. The van der Waals surface area contributed by atoms with Crippen molar-refractivity contribution in [2.45, 2.75) is 309 Å². The first-order valence-corrected chi connectivity index (χ1v) is 29.8. The molecule has 0 N–H and O–H groups in total. The number of hydrogen-bond acceptors (Lipinski definition) is 5. The lowest BCUT2D eigenvalue weighted by atomic mass is 10.0. The summed E-state index contributed by atoms with van der Waals surface area (Å²) in [5.74, 6) is -0.417. The van der Waals surface area contributed by atoms with Gasteiger partial charge in [0.2, 0.25) is 0 Å². The summed E-state index contributed by atoms with van der Waals surface area (Å²) >= 11 is 0. The Bertz CT molecular complexity index is 1170. The van der Waals surface area contributed by atoms with Gasteiger partial charge < -0.3 is 14.2 Å². The third kappa shape index (κ3) is 56.2. The summed E-state index contributed by atoms with van der Waals surface area (Å²) < 4.78 is 17.5. The Kier molecular flexibility index (Phi) is 56.8. The summed E-state index contributed by atoms with van der Waals surface area (Å²) in [4.78, 5) is 25.5. The van der Waals surface area contributed by atoms with Crippen molar-refractivity contribution in [3.63, 3.8) is 0 Å². The van der Waals surface area contributed by atoms with Gasteiger partial charge in [0.15, 0.2) is 6.10 Å². The molecule has 0 aliphatic carbocycles. The van der Waals surface area contributed by atoms with E-state index in [9.17, 15) is 9.59 Å². The van der Waals surface area contributed by atoms with Crippen molar-refractivity contribution >= 4 is 11.9 Å².